The molecule has 2 rings (SSSR count). The normalized spacial score (nSPS) is 12.2. The molecule has 0 saturated heterocycles. The number of rotatable bonds is 10. The van der Waals surface area contributed by atoms with E-state index in [-0.39, 0.29) is 30.4 Å². The molecule has 0 saturated carbocycles. The van der Waals surface area contributed by atoms with Gasteiger partial charge >= 0.3 is 0 Å². The maximum atomic E-state index is 13.3. The Balaban J connectivity index is 2.27. The number of hydrogen-bond acceptors (Lipinski definition) is 3. The third-order valence-corrected chi connectivity index (χ3v) is 5.65. The van der Waals surface area contributed by atoms with Gasteiger partial charge < -0.3 is 15.0 Å². The summed E-state index contributed by atoms with van der Waals surface area (Å²) < 4.78 is 5.97. The van der Waals surface area contributed by atoms with Gasteiger partial charge in [0.1, 0.15) is 11.8 Å². The standard InChI is InChI=1S/C26H35ClN2O3/c1-6-16-28-25(31)22(7-2)29(17-19-12-8-10-14-21(19)27)24(30)18-32-23-15-11-9-13-20(23)26(3,4)5/h8-15,22H,6-7,16-18H2,1-5H3,(H,28,31)/t22-/m0/s1. The first-order chi connectivity index (χ1) is 15.2. The summed E-state index contributed by atoms with van der Waals surface area (Å²) in [5.41, 5.74) is 1.70. The summed E-state index contributed by atoms with van der Waals surface area (Å²) in [6, 6.07) is 14.5. The van der Waals surface area contributed by atoms with Gasteiger partial charge in [-0.2, -0.15) is 0 Å². The van der Waals surface area contributed by atoms with Crippen LogP contribution in [0.1, 0.15) is 58.6 Å². The average Bonchev–Trinajstić information content (AvgIpc) is 2.76. The van der Waals surface area contributed by atoms with E-state index in [1.807, 2.05) is 56.3 Å². The lowest BCUT2D eigenvalue weighted by atomic mass is 9.86. The van der Waals surface area contributed by atoms with Crippen molar-refractivity contribution in [2.45, 2.75) is 65.5 Å². The maximum absolute atomic E-state index is 13.3. The third-order valence-electron chi connectivity index (χ3n) is 5.28. The van der Waals surface area contributed by atoms with Gasteiger partial charge in [0.15, 0.2) is 6.61 Å². The van der Waals surface area contributed by atoms with Crippen molar-refractivity contribution in [3.8, 4) is 5.75 Å². The van der Waals surface area contributed by atoms with Crippen LogP contribution in [-0.4, -0.2) is 35.9 Å². The number of nitrogens with zero attached hydrogens (tertiary/aromatic N) is 1. The molecule has 174 valence electrons. The van der Waals surface area contributed by atoms with Crippen molar-refractivity contribution in [3.05, 3.63) is 64.7 Å². The second-order valence-electron chi connectivity index (χ2n) is 8.86. The predicted molar refractivity (Wildman–Crippen MR) is 130 cm³/mol. The number of halogens is 1. The Morgan fingerprint density at radius 2 is 1.72 bits per heavy atom. The highest BCUT2D eigenvalue weighted by Crippen LogP contribution is 2.31. The second-order valence-corrected chi connectivity index (χ2v) is 9.27. The summed E-state index contributed by atoms with van der Waals surface area (Å²) in [4.78, 5) is 27.8. The van der Waals surface area contributed by atoms with Gasteiger partial charge in [0.2, 0.25) is 5.91 Å². The third kappa shape index (κ3) is 6.99. The molecule has 0 spiro atoms. The zero-order chi connectivity index (χ0) is 23.7. The highest BCUT2D eigenvalue weighted by molar-refractivity contribution is 6.31. The van der Waals surface area contributed by atoms with E-state index in [4.69, 9.17) is 16.3 Å². The van der Waals surface area contributed by atoms with Crippen LogP contribution in [0.4, 0.5) is 0 Å². The first-order valence-electron chi connectivity index (χ1n) is 11.2. The molecule has 2 aromatic carbocycles. The van der Waals surface area contributed by atoms with Crippen LogP contribution in [0.5, 0.6) is 5.75 Å². The minimum Gasteiger partial charge on any atom is -0.483 e. The molecule has 1 N–H and O–H groups in total. The average molecular weight is 459 g/mol. The summed E-state index contributed by atoms with van der Waals surface area (Å²) in [6.45, 7) is 10.9. The van der Waals surface area contributed by atoms with Crippen LogP contribution in [0.2, 0.25) is 5.02 Å². The molecule has 0 unspecified atom stereocenters. The lowest BCUT2D eigenvalue weighted by Gasteiger charge is -2.31. The summed E-state index contributed by atoms with van der Waals surface area (Å²) >= 11 is 6.36. The van der Waals surface area contributed by atoms with Gasteiger partial charge in [-0.25, -0.2) is 0 Å². The van der Waals surface area contributed by atoms with Gasteiger partial charge in [-0.1, -0.05) is 82.6 Å². The molecule has 0 aromatic heterocycles. The van der Waals surface area contributed by atoms with Crippen LogP contribution in [0.25, 0.3) is 0 Å². The predicted octanol–water partition coefficient (Wildman–Crippen LogP) is 5.35. The fourth-order valence-electron chi connectivity index (χ4n) is 3.53. The van der Waals surface area contributed by atoms with Crippen LogP contribution in [-0.2, 0) is 21.5 Å². The first-order valence-corrected chi connectivity index (χ1v) is 11.6. The Hall–Kier alpha value is -2.53. The van der Waals surface area contributed by atoms with Gasteiger partial charge in [0, 0.05) is 18.1 Å². The molecule has 0 bridgehead atoms. The van der Waals surface area contributed by atoms with E-state index >= 15 is 0 Å². The minimum absolute atomic E-state index is 0.122. The number of carbonyl (C=O) groups excluding carboxylic acids is 2. The van der Waals surface area contributed by atoms with Crippen LogP contribution >= 0.6 is 11.6 Å². The van der Waals surface area contributed by atoms with E-state index in [0.717, 1.165) is 17.5 Å². The number of nitrogens with one attached hydrogen (secondary N) is 1. The monoisotopic (exact) mass is 458 g/mol. The molecule has 0 heterocycles. The molecule has 0 radical (unpaired) electrons. The summed E-state index contributed by atoms with van der Waals surface area (Å²) in [7, 11) is 0. The maximum Gasteiger partial charge on any atom is 0.261 e. The molecule has 5 nitrogen and oxygen atoms in total. The van der Waals surface area contributed by atoms with Crippen LogP contribution in [0.3, 0.4) is 0 Å². The largest absolute Gasteiger partial charge is 0.483 e. The zero-order valence-corrected chi connectivity index (χ0v) is 20.5. The number of para-hydroxylation sites is 1. The lowest BCUT2D eigenvalue weighted by Crippen LogP contribution is -2.50. The van der Waals surface area contributed by atoms with Gasteiger partial charge in [-0.15, -0.1) is 0 Å². The number of benzene rings is 2. The number of carbonyl (C=O) groups is 2. The summed E-state index contributed by atoms with van der Waals surface area (Å²) in [6.07, 6.45) is 1.32. The van der Waals surface area contributed by atoms with Crippen molar-refractivity contribution in [3.63, 3.8) is 0 Å². The van der Waals surface area contributed by atoms with E-state index in [1.165, 1.54) is 0 Å². The number of ether oxygens (including phenoxy) is 1. The molecule has 0 aliphatic carbocycles. The molecular weight excluding hydrogens is 424 g/mol. The van der Waals surface area contributed by atoms with Crippen LogP contribution in [0, 0.1) is 0 Å². The molecular formula is C26H35ClN2O3. The molecule has 2 amide bonds. The SMILES string of the molecule is CCCNC(=O)[C@H](CC)N(Cc1ccccc1Cl)C(=O)COc1ccccc1C(C)(C)C. The van der Waals surface area contributed by atoms with Crippen molar-refractivity contribution in [2.24, 2.45) is 0 Å². The fraction of sp³-hybridized carbons (Fsp3) is 0.462. The van der Waals surface area contributed by atoms with E-state index in [0.29, 0.717) is 23.7 Å². The summed E-state index contributed by atoms with van der Waals surface area (Å²) in [5.74, 6) is 0.256. The molecule has 0 aliphatic heterocycles. The lowest BCUT2D eigenvalue weighted by molar-refractivity contribution is -0.143. The van der Waals surface area contributed by atoms with Crippen LogP contribution in [0.15, 0.2) is 48.5 Å². The number of hydrogen-bond donors (Lipinski definition) is 1. The number of amides is 2. The second kappa shape index (κ2) is 11.9. The van der Waals surface area contributed by atoms with E-state index in [1.54, 1.807) is 11.0 Å². The smallest absolute Gasteiger partial charge is 0.261 e. The first kappa shape index (κ1) is 25.7. The van der Waals surface area contributed by atoms with Gasteiger partial charge in [-0.05, 0) is 41.5 Å². The Kier molecular flexibility index (Phi) is 9.58. The Morgan fingerprint density at radius 3 is 2.34 bits per heavy atom. The topological polar surface area (TPSA) is 58.6 Å². The van der Waals surface area contributed by atoms with Crippen molar-refractivity contribution in [1.82, 2.24) is 10.2 Å². The minimum atomic E-state index is -0.605. The Labute approximate surface area is 197 Å². The van der Waals surface area contributed by atoms with Crippen molar-refractivity contribution < 1.29 is 14.3 Å². The molecule has 0 fully saturated rings. The zero-order valence-electron chi connectivity index (χ0n) is 19.8. The van der Waals surface area contributed by atoms with Crippen LogP contribution < -0.4 is 10.1 Å². The van der Waals surface area contributed by atoms with Gasteiger partial charge in [0.25, 0.3) is 5.91 Å². The van der Waals surface area contributed by atoms with Gasteiger partial charge in [0.05, 0.1) is 0 Å². The fourth-order valence-corrected chi connectivity index (χ4v) is 3.73. The molecule has 32 heavy (non-hydrogen) atoms. The van der Waals surface area contributed by atoms with E-state index in [2.05, 4.69) is 26.1 Å². The highest BCUT2D eigenvalue weighted by Gasteiger charge is 2.29. The molecule has 0 aliphatic rings. The van der Waals surface area contributed by atoms with Gasteiger partial charge in [-0.3, -0.25) is 9.59 Å². The van der Waals surface area contributed by atoms with Crippen molar-refractivity contribution >= 4 is 23.4 Å². The van der Waals surface area contributed by atoms with Crippen molar-refractivity contribution in [1.29, 1.82) is 0 Å². The Morgan fingerprint density at radius 1 is 1.06 bits per heavy atom. The quantitative estimate of drug-likeness (QED) is 0.522. The molecule has 6 heteroatoms. The molecule has 1 atom stereocenters. The van der Waals surface area contributed by atoms with E-state index < -0.39 is 6.04 Å². The molecule has 2 aromatic rings. The summed E-state index contributed by atoms with van der Waals surface area (Å²) in [5, 5.41) is 3.48. The Bertz CT molecular complexity index is 908. The van der Waals surface area contributed by atoms with Crippen molar-refractivity contribution in [2.75, 3.05) is 13.2 Å². The highest BCUT2D eigenvalue weighted by atomic mass is 35.5. The van der Waals surface area contributed by atoms with E-state index in [9.17, 15) is 9.59 Å².